The molecule has 0 spiro atoms. The van der Waals surface area contributed by atoms with E-state index in [1.165, 1.54) is 18.2 Å². The predicted octanol–water partition coefficient (Wildman–Crippen LogP) is 2.03. The van der Waals surface area contributed by atoms with Gasteiger partial charge in [0.25, 0.3) is 0 Å². The van der Waals surface area contributed by atoms with Crippen LogP contribution in [-0.2, 0) is 11.3 Å². The monoisotopic (exact) mass is 431 g/mol. The molecule has 0 aromatic heterocycles. The summed E-state index contributed by atoms with van der Waals surface area (Å²) in [5.74, 6) is -0.107. The van der Waals surface area contributed by atoms with Crippen molar-refractivity contribution in [1.82, 2.24) is 16.0 Å². The second kappa shape index (κ2) is 10.6. The van der Waals surface area contributed by atoms with Crippen molar-refractivity contribution in [3.63, 3.8) is 0 Å². The van der Waals surface area contributed by atoms with Crippen LogP contribution in [0.25, 0.3) is 0 Å². The van der Waals surface area contributed by atoms with Crippen LogP contribution in [0.15, 0.2) is 47.5 Å². The Hall–Kier alpha value is -3.36. The molecular formula is C22H27F2N5O2. The van der Waals surface area contributed by atoms with Gasteiger partial charge >= 0.3 is 0 Å². The Morgan fingerprint density at radius 3 is 2.52 bits per heavy atom. The van der Waals surface area contributed by atoms with E-state index >= 15 is 0 Å². The number of carbonyl (C=O) groups excluding carboxylic acids is 1. The van der Waals surface area contributed by atoms with Crippen LogP contribution in [0.3, 0.4) is 0 Å². The molecule has 1 unspecified atom stereocenters. The van der Waals surface area contributed by atoms with E-state index in [4.69, 9.17) is 4.74 Å². The Labute approximate surface area is 180 Å². The van der Waals surface area contributed by atoms with Crippen LogP contribution in [-0.4, -0.2) is 51.7 Å². The fraction of sp³-hybridized carbons (Fsp3) is 0.364. The fourth-order valence-electron chi connectivity index (χ4n) is 3.43. The molecule has 1 atom stereocenters. The number of methoxy groups -OCH3 is 1. The van der Waals surface area contributed by atoms with Crippen molar-refractivity contribution in [2.75, 3.05) is 38.7 Å². The fourth-order valence-corrected chi connectivity index (χ4v) is 3.43. The molecule has 1 heterocycles. The molecule has 1 aliphatic heterocycles. The summed E-state index contributed by atoms with van der Waals surface area (Å²) in [6, 6.07) is 11.3. The molecular weight excluding hydrogens is 404 g/mol. The van der Waals surface area contributed by atoms with Crippen molar-refractivity contribution in [2.45, 2.75) is 19.0 Å². The lowest BCUT2D eigenvalue weighted by atomic mass is 10.2. The molecule has 31 heavy (non-hydrogen) atoms. The summed E-state index contributed by atoms with van der Waals surface area (Å²) in [7, 11) is 3.21. The van der Waals surface area contributed by atoms with Gasteiger partial charge in [0.1, 0.15) is 23.1 Å². The number of benzene rings is 2. The Bertz CT molecular complexity index is 900. The molecule has 1 saturated heterocycles. The molecule has 9 heteroatoms. The molecule has 166 valence electrons. The van der Waals surface area contributed by atoms with E-state index in [0.717, 1.165) is 11.3 Å². The average Bonchev–Trinajstić information content (AvgIpc) is 3.23. The zero-order valence-electron chi connectivity index (χ0n) is 17.6. The van der Waals surface area contributed by atoms with Crippen molar-refractivity contribution in [3.8, 4) is 5.75 Å². The summed E-state index contributed by atoms with van der Waals surface area (Å²) < 4.78 is 33.1. The van der Waals surface area contributed by atoms with Gasteiger partial charge in [0.15, 0.2) is 5.96 Å². The predicted molar refractivity (Wildman–Crippen MR) is 116 cm³/mol. The molecule has 1 aliphatic rings. The number of hydrogen-bond acceptors (Lipinski definition) is 4. The third kappa shape index (κ3) is 6.07. The van der Waals surface area contributed by atoms with E-state index in [9.17, 15) is 13.6 Å². The van der Waals surface area contributed by atoms with Crippen LogP contribution in [0, 0.1) is 11.6 Å². The summed E-state index contributed by atoms with van der Waals surface area (Å²) in [4.78, 5) is 17.9. The van der Waals surface area contributed by atoms with Gasteiger partial charge in [-0.25, -0.2) is 8.78 Å². The largest absolute Gasteiger partial charge is 0.497 e. The second-order valence-electron chi connectivity index (χ2n) is 7.20. The van der Waals surface area contributed by atoms with Gasteiger partial charge in [-0.3, -0.25) is 9.79 Å². The van der Waals surface area contributed by atoms with Crippen LogP contribution in [0.5, 0.6) is 5.75 Å². The van der Waals surface area contributed by atoms with E-state index in [1.54, 1.807) is 19.1 Å². The number of carbonyl (C=O) groups is 1. The first-order chi connectivity index (χ1) is 15.0. The van der Waals surface area contributed by atoms with Crippen molar-refractivity contribution >= 4 is 17.6 Å². The van der Waals surface area contributed by atoms with Crippen LogP contribution in [0.1, 0.15) is 12.0 Å². The smallest absolute Gasteiger partial charge is 0.239 e. The summed E-state index contributed by atoms with van der Waals surface area (Å²) in [6.07, 6.45) is 0.693. The van der Waals surface area contributed by atoms with Gasteiger partial charge in [0.05, 0.1) is 13.7 Å². The molecule has 3 N–H and O–H groups in total. The van der Waals surface area contributed by atoms with Crippen LogP contribution in [0.4, 0.5) is 14.5 Å². The van der Waals surface area contributed by atoms with Crippen molar-refractivity contribution in [3.05, 3.63) is 59.7 Å². The van der Waals surface area contributed by atoms with Crippen molar-refractivity contribution in [2.24, 2.45) is 4.99 Å². The third-order valence-electron chi connectivity index (χ3n) is 5.07. The Kier molecular flexibility index (Phi) is 7.64. The van der Waals surface area contributed by atoms with E-state index < -0.39 is 11.6 Å². The third-order valence-corrected chi connectivity index (χ3v) is 5.07. The van der Waals surface area contributed by atoms with Crippen LogP contribution >= 0.6 is 0 Å². The minimum Gasteiger partial charge on any atom is -0.497 e. The van der Waals surface area contributed by atoms with Crippen LogP contribution < -0.4 is 25.6 Å². The maximum atomic E-state index is 14.0. The topological polar surface area (TPSA) is 78.0 Å². The highest BCUT2D eigenvalue weighted by Crippen LogP contribution is 2.26. The molecule has 2 aromatic rings. The highest BCUT2D eigenvalue weighted by molar-refractivity contribution is 5.86. The first kappa shape index (κ1) is 22.3. The van der Waals surface area contributed by atoms with Gasteiger partial charge in [0, 0.05) is 32.7 Å². The zero-order valence-corrected chi connectivity index (χ0v) is 17.6. The van der Waals surface area contributed by atoms with Crippen molar-refractivity contribution in [1.29, 1.82) is 0 Å². The number of nitrogens with one attached hydrogen (secondary N) is 3. The number of amides is 1. The number of para-hydroxylation sites is 1. The van der Waals surface area contributed by atoms with Gasteiger partial charge in [0.2, 0.25) is 5.91 Å². The Morgan fingerprint density at radius 1 is 1.16 bits per heavy atom. The van der Waals surface area contributed by atoms with Crippen LogP contribution in [0.2, 0.25) is 0 Å². The number of halogens is 2. The number of guanidine groups is 1. The quantitative estimate of drug-likeness (QED) is 0.462. The lowest BCUT2D eigenvalue weighted by Gasteiger charge is -2.21. The van der Waals surface area contributed by atoms with Crippen molar-refractivity contribution < 1.29 is 18.3 Å². The lowest BCUT2D eigenvalue weighted by Crippen LogP contribution is -2.47. The summed E-state index contributed by atoms with van der Waals surface area (Å²) in [5, 5.41) is 9.01. The van der Waals surface area contributed by atoms with Gasteiger partial charge in [-0.1, -0.05) is 18.2 Å². The lowest BCUT2D eigenvalue weighted by molar-refractivity contribution is -0.120. The minimum atomic E-state index is -0.573. The zero-order chi connectivity index (χ0) is 22.2. The maximum Gasteiger partial charge on any atom is 0.239 e. The van der Waals surface area contributed by atoms with Gasteiger partial charge < -0.3 is 25.6 Å². The summed E-state index contributed by atoms with van der Waals surface area (Å²) >= 11 is 0. The molecule has 0 saturated carbocycles. The summed E-state index contributed by atoms with van der Waals surface area (Å²) in [6.45, 7) is 1.41. The molecule has 0 aliphatic carbocycles. The Balaban J connectivity index is 1.43. The van der Waals surface area contributed by atoms with E-state index in [-0.39, 0.29) is 24.2 Å². The molecule has 3 rings (SSSR count). The highest BCUT2D eigenvalue weighted by Gasteiger charge is 2.27. The standard InChI is InChI=1S/C22H27F2N5O2/c1-25-22(27-13-20(30)26-12-15-6-8-17(31-2)9-7-15)28-16-10-11-29(14-16)21-18(23)4-3-5-19(21)24/h3-9,16H,10-14H2,1-2H3,(H,26,30)(H2,25,27,28). The molecule has 0 bridgehead atoms. The van der Waals surface area contributed by atoms with Gasteiger partial charge in [-0.05, 0) is 36.2 Å². The first-order valence-corrected chi connectivity index (χ1v) is 10.1. The second-order valence-corrected chi connectivity index (χ2v) is 7.20. The molecule has 1 amide bonds. The minimum absolute atomic E-state index is 0.00680. The normalized spacial score (nSPS) is 16.2. The number of hydrogen-bond donors (Lipinski definition) is 3. The molecule has 7 nitrogen and oxygen atoms in total. The average molecular weight is 431 g/mol. The SMILES string of the molecule is CN=C(NCC(=O)NCc1ccc(OC)cc1)NC1CCN(c2c(F)cccc2F)C1. The van der Waals surface area contributed by atoms with E-state index in [1.807, 2.05) is 24.3 Å². The number of nitrogens with zero attached hydrogens (tertiary/aromatic N) is 2. The van der Waals surface area contributed by atoms with E-state index in [0.29, 0.717) is 32.0 Å². The number of aliphatic imine (C=N–C) groups is 1. The molecule has 1 fully saturated rings. The first-order valence-electron chi connectivity index (χ1n) is 10.1. The Morgan fingerprint density at radius 2 is 1.87 bits per heavy atom. The molecule has 2 aromatic carbocycles. The number of anilines is 1. The number of ether oxygens (including phenoxy) is 1. The molecule has 0 radical (unpaired) electrons. The highest BCUT2D eigenvalue weighted by atomic mass is 19.1. The van der Waals surface area contributed by atoms with E-state index in [2.05, 4.69) is 20.9 Å². The summed E-state index contributed by atoms with van der Waals surface area (Å²) in [5.41, 5.74) is 0.954. The van der Waals surface area contributed by atoms with Gasteiger partial charge in [-0.15, -0.1) is 0 Å². The maximum absolute atomic E-state index is 14.0. The van der Waals surface area contributed by atoms with Gasteiger partial charge in [-0.2, -0.15) is 0 Å². The number of rotatable bonds is 7.